The quantitative estimate of drug-likeness (QED) is 0.668. The first-order valence-corrected chi connectivity index (χ1v) is 9.56. The fraction of sp³-hybridized carbons (Fsp3) is 0.273. The summed E-state index contributed by atoms with van der Waals surface area (Å²) in [6.45, 7) is 3.13. The third-order valence-corrected chi connectivity index (χ3v) is 4.97. The third kappa shape index (κ3) is 4.39. The molecule has 0 radical (unpaired) electrons. The van der Waals surface area contributed by atoms with Crippen molar-refractivity contribution in [2.24, 2.45) is 0 Å². The van der Waals surface area contributed by atoms with Crippen LogP contribution in [0.1, 0.15) is 40.5 Å². The van der Waals surface area contributed by atoms with E-state index in [1.807, 2.05) is 17.9 Å². The molecule has 2 aromatic heterocycles. The monoisotopic (exact) mass is 392 g/mol. The summed E-state index contributed by atoms with van der Waals surface area (Å²) >= 11 is 0. The molecule has 1 saturated heterocycles. The molecule has 6 nitrogen and oxygen atoms in total. The van der Waals surface area contributed by atoms with Crippen molar-refractivity contribution in [1.29, 1.82) is 0 Å². The second-order valence-corrected chi connectivity index (χ2v) is 7.09. The Morgan fingerprint density at radius 1 is 1.17 bits per heavy atom. The van der Waals surface area contributed by atoms with Crippen molar-refractivity contribution in [2.75, 3.05) is 13.1 Å². The van der Waals surface area contributed by atoms with Crippen LogP contribution < -0.4 is 4.74 Å². The van der Waals surface area contributed by atoms with Gasteiger partial charge in [-0.05, 0) is 44.0 Å². The van der Waals surface area contributed by atoms with Crippen LogP contribution in [0, 0.1) is 12.7 Å². The molecule has 1 aliphatic heterocycles. The van der Waals surface area contributed by atoms with Crippen molar-refractivity contribution in [3.8, 4) is 11.6 Å². The highest BCUT2D eigenvalue weighted by molar-refractivity contribution is 5.94. The molecule has 0 aliphatic carbocycles. The minimum atomic E-state index is -0.458. The molecular formula is C22H21FN4O2. The van der Waals surface area contributed by atoms with Gasteiger partial charge in [0, 0.05) is 37.1 Å². The molecule has 1 aromatic carbocycles. The minimum absolute atomic E-state index is 0.0334. The molecule has 0 bridgehead atoms. The summed E-state index contributed by atoms with van der Waals surface area (Å²) in [5.74, 6) is -0.109. The smallest absolute Gasteiger partial charge is 0.255 e. The minimum Gasteiger partial charge on any atom is -0.434 e. The average Bonchev–Trinajstić information content (AvgIpc) is 2.76. The molecule has 1 aliphatic rings. The number of likely N-dealkylation sites (tertiary alicyclic amines) is 1. The second kappa shape index (κ2) is 8.34. The summed E-state index contributed by atoms with van der Waals surface area (Å²) in [6, 6.07) is 9.81. The Balaban J connectivity index is 1.49. The van der Waals surface area contributed by atoms with Crippen molar-refractivity contribution >= 4 is 5.91 Å². The highest BCUT2D eigenvalue weighted by atomic mass is 19.1. The summed E-state index contributed by atoms with van der Waals surface area (Å²) in [5, 5.41) is 0. The molecule has 1 unspecified atom stereocenters. The van der Waals surface area contributed by atoms with E-state index in [0.29, 0.717) is 18.7 Å². The Hall–Kier alpha value is -3.35. The van der Waals surface area contributed by atoms with Crippen molar-refractivity contribution < 1.29 is 13.9 Å². The zero-order chi connectivity index (χ0) is 20.2. The molecule has 0 saturated carbocycles. The molecule has 148 valence electrons. The molecule has 29 heavy (non-hydrogen) atoms. The molecule has 1 fully saturated rings. The number of amides is 1. The van der Waals surface area contributed by atoms with E-state index in [1.54, 1.807) is 36.7 Å². The second-order valence-electron chi connectivity index (χ2n) is 7.09. The maximum atomic E-state index is 13.8. The van der Waals surface area contributed by atoms with Crippen LogP contribution in [0.2, 0.25) is 0 Å². The number of pyridine rings is 1. The van der Waals surface area contributed by atoms with Crippen LogP contribution in [0.15, 0.2) is 55.0 Å². The number of carbonyl (C=O) groups is 1. The van der Waals surface area contributed by atoms with Gasteiger partial charge in [-0.15, -0.1) is 0 Å². The predicted molar refractivity (Wildman–Crippen MR) is 105 cm³/mol. The van der Waals surface area contributed by atoms with Gasteiger partial charge in [-0.1, -0.05) is 12.1 Å². The fourth-order valence-electron chi connectivity index (χ4n) is 3.43. The largest absolute Gasteiger partial charge is 0.434 e. The van der Waals surface area contributed by atoms with Crippen molar-refractivity contribution in [1.82, 2.24) is 19.9 Å². The van der Waals surface area contributed by atoms with Crippen LogP contribution in [0.25, 0.3) is 0 Å². The van der Waals surface area contributed by atoms with E-state index < -0.39 is 5.82 Å². The number of rotatable bonds is 4. The standard InChI is InChI=1S/C22H21FN4O2/c1-15-8-9-16(11-25-15)22(28)27-10-4-5-17(14-27)19-12-24-13-21(26-19)29-20-7-3-2-6-18(20)23/h2-3,6-9,11-13,17H,4-5,10,14H2,1H3. The van der Waals surface area contributed by atoms with E-state index in [-0.39, 0.29) is 23.5 Å². The van der Waals surface area contributed by atoms with Crippen LogP contribution >= 0.6 is 0 Å². The summed E-state index contributed by atoms with van der Waals surface area (Å²) in [7, 11) is 0. The Kier molecular flexibility index (Phi) is 5.46. The first-order valence-electron chi connectivity index (χ1n) is 9.56. The zero-order valence-electron chi connectivity index (χ0n) is 16.1. The summed E-state index contributed by atoms with van der Waals surface area (Å²) in [6.07, 6.45) is 6.52. The first kappa shape index (κ1) is 19.0. The molecule has 0 N–H and O–H groups in total. The summed E-state index contributed by atoms with van der Waals surface area (Å²) < 4.78 is 19.4. The van der Waals surface area contributed by atoms with E-state index in [9.17, 15) is 9.18 Å². The van der Waals surface area contributed by atoms with Gasteiger partial charge in [0.05, 0.1) is 17.5 Å². The number of aromatic nitrogens is 3. The number of benzene rings is 1. The van der Waals surface area contributed by atoms with Gasteiger partial charge in [0.25, 0.3) is 5.91 Å². The number of para-hydroxylation sites is 1. The van der Waals surface area contributed by atoms with Crippen molar-refractivity contribution in [3.63, 3.8) is 0 Å². The Morgan fingerprint density at radius 3 is 2.83 bits per heavy atom. The number of hydrogen-bond acceptors (Lipinski definition) is 5. The van der Waals surface area contributed by atoms with Gasteiger partial charge >= 0.3 is 0 Å². The number of halogens is 1. The highest BCUT2D eigenvalue weighted by Gasteiger charge is 2.27. The molecule has 3 heterocycles. The van der Waals surface area contributed by atoms with Crippen molar-refractivity contribution in [3.05, 3.63) is 77.8 Å². The number of piperidine rings is 1. The van der Waals surface area contributed by atoms with E-state index in [2.05, 4.69) is 15.0 Å². The number of aryl methyl sites for hydroxylation is 1. The van der Waals surface area contributed by atoms with E-state index in [4.69, 9.17) is 4.74 Å². The normalized spacial score (nSPS) is 16.5. The lowest BCUT2D eigenvalue weighted by Gasteiger charge is -2.32. The lowest BCUT2D eigenvalue weighted by atomic mass is 9.94. The number of carbonyl (C=O) groups excluding carboxylic acids is 1. The van der Waals surface area contributed by atoms with E-state index >= 15 is 0 Å². The zero-order valence-corrected chi connectivity index (χ0v) is 16.1. The number of nitrogens with zero attached hydrogens (tertiary/aromatic N) is 4. The van der Waals surface area contributed by atoms with Crippen LogP contribution in [0.3, 0.4) is 0 Å². The van der Waals surface area contributed by atoms with Gasteiger partial charge in [0.15, 0.2) is 11.6 Å². The topological polar surface area (TPSA) is 68.2 Å². The molecule has 1 atom stereocenters. The number of ether oxygens (including phenoxy) is 1. The molecule has 4 rings (SSSR count). The predicted octanol–water partition coefficient (Wildman–Crippen LogP) is 4.13. The SMILES string of the molecule is Cc1ccc(C(=O)N2CCCC(c3cncc(Oc4ccccc4F)n3)C2)cn1. The van der Waals surface area contributed by atoms with Crippen LogP contribution in [0.4, 0.5) is 4.39 Å². The fourth-order valence-corrected chi connectivity index (χ4v) is 3.43. The summed E-state index contributed by atoms with van der Waals surface area (Å²) in [5.41, 5.74) is 2.19. The maximum absolute atomic E-state index is 13.8. The van der Waals surface area contributed by atoms with Crippen LogP contribution in [-0.2, 0) is 0 Å². The molecule has 1 amide bonds. The van der Waals surface area contributed by atoms with Gasteiger partial charge in [-0.25, -0.2) is 9.37 Å². The maximum Gasteiger partial charge on any atom is 0.255 e. The Morgan fingerprint density at radius 2 is 2.03 bits per heavy atom. The van der Waals surface area contributed by atoms with Gasteiger partial charge in [-0.2, -0.15) is 0 Å². The summed E-state index contributed by atoms with van der Waals surface area (Å²) in [4.78, 5) is 27.6. The molecule has 7 heteroatoms. The average molecular weight is 392 g/mol. The number of hydrogen-bond donors (Lipinski definition) is 0. The van der Waals surface area contributed by atoms with E-state index in [1.165, 1.54) is 12.3 Å². The van der Waals surface area contributed by atoms with Crippen LogP contribution in [0.5, 0.6) is 11.6 Å². The molecule has 3 aromatic rings. The first-order chi connectivity index (χ1) is 14.1. The molecule has 0 spiro atoms. The third-order valence-electron chi connectivity index (χ3n) is 4.97. The lowest BCUT2D eigenvalue weighted by Crippen LogP contribution is -2.39. The van der Waals surface area contributed by atoms with Gasteiger partial charge < -0.3 is 9.64 Å². The van der Waals surface area contributed by atoms with E-state index in [0.717, 1.165) is 24.2 Å². The van der Waals surface area contributed by atoms with Gasteiger partial charge in [0.1, 0.15) is 0 Å². The lowest BCUT2D eigenvalue weighted by molar-refractivity contribution is 0.0705. The van der Waals surface area contributed by atoms with Crippen LogP contribution in [-0.4, -0.2) is 38.8 Å². The molecular weight excluding hydrogens is 371 g/mol. The highest BCUT2D eigenvalue weighted by Crippen LogP contribution is 2.28. The van der Waals surface area contributed by atoms with Gasteiger partial charge in [-0.3, -0.25) is 14.8 Å². The van der Waals surface area contributed by atoms with Crippen molar-refractivity contribution in [2.45, 2.75) is 25.7 Å². The van der Waals surface area contributed by atoms with Gasteiger partial charge in [0.2, 0.25) is 5.88 Å². The Labute approximate surface area is 168 Å². The Bertz CT molecular complexity index is 1010.